The first-order chi connectivity index (χ1) is 15.6. The molecule has 0 bridgehead atoms. The van der Waals surface area contributed by atoms with Crippen molar-refractivity contribution in [3.8, 4) is 5.75 Å². The lowest BCUT2D eigenvalue weighted by Gasteiger charge is -2.23. The van der Waals surface area contributed by atoms with Crippen LogP contribution in [-0.4, -0.2) is 57.1 Å². The predicted octanol–water partition coefficient (Wildman–Crippen LogP) is 4.36. The number of amides is 1. The van der Waals surface area contributed by atoms with Gasteiger partial charge in [-0.15, -0.1) is 24.0 Å². The third kappa shape index (κ3) is 5.80. The van der Waals surface area contributed by atoms with Crippen molar-refractivity contribution in [1.29, 1.82) is 0 Å². The second-order valence-electron chi connectivity index (χ2n) is 8.67. The highest BCUT2D eigenvalue weighted by Gasteiger charge is 2.32. The number of nitrogens with zero attached hydrogens (tertiary/aromatic N) is 3. The summed E-state index contributed by atoms with van der Waals surface area (Å²) in [7, 11) is 3.56. The Labute approximate surface area is 214 Å². The van der Waals surface area contributed by atoms with Gasteiger partial charge in [0.05, 0.1) is 7.11 Å². The SMILES string of the molecule is CN=C(NCCc1ccc(C)c(OC)c1)N1CC(CCN2CCCC2=O)c2ccccc21.I. The Morgan fingerprint density at radius 1 is 1.24 bits per heavy atom. The third-order valence-electron chi connectivity index (χ3n) is 6.63. The number of methoxy groups -OCH3 is 1. The van der Waals surface area contributed by atoms with E-state index in [0.29, 0.717) is 18.2 Å². The number of nitrogens with one attached hydrogen (secondary N) is 1. The molecule has 2 aliphatic rings. The number of hydrogen-bond donors (Lipinski definition) is 1. The molecular formula is C26H35IN4O2. The summed E-state index contributed by atoms with van der Waals surface area (Å²) < 4.78 is 5.46. The second kappa shape index (κ2) is 11.7. The molecule has 0 saturated carbocycles. The summed E-state index contributed by atoms with van der Waals surface area (Å²) in [4.78, 5) is 20.9. The topological polar surface area (TPSA) is 57.2 Å². The summed E-state index contributed by atoms with van der Waals surface area (Å²) in [5.74, 6) is 2.54. The molecule has 1 fully saturated rings. The Morgan fingerprint density at radius 2 is 2.06 bits per heavy atom. The van der Waals surface area contributed by atoms with Gasteiger partial charge in [0.1, 0.15) is 5.75 Å². The van der Waals surface area contributed by atoms with Crippen LogP contribution >= 0.6 is 24.0 Å². The van der Waals surface area contributed by atoms with Gasteiger partial charge >= 0.3 is 0 Å². The number of benzene rings is 2. The molecule has 2 heterocycles. The average molecular weight is 562 g/mol. The van der Waals surface area contributed by atoms with Gasteiger partial charge in [0, 0.05) is 51.3 Å². The van der Waals surface area contributed by atoms with Crippen molar-refractivity contribution >= 4 is 41.5 Å². The van der Waals surface area contributed by atoms with Crippen molar-refractivity contribution in [2.24, 2.45) is 4.99 Å². The second-order valence-corrected chi connectivity index (χ2v) is 8.67. The van der Waals surface area contributed by atoms with Crippen molar-refractivity contribution in [2.45, 2.75) is 38.5 Å². The lowest BCUT2D eigenvalue weighted by Crippen LogP contribution is -2.42. The van der Waals surface area contributed by atoms with Crippen LogP contribution in [0.5, 0.6) is 5.75 Å². The predicted molar refractivity (Wildman–Crippen MR) is 145 cm³/mol. The minimum absolute atomic E-state index is 0. The number of anilines is 1. The van der Waals surface area contributed by atoms with E-state index in [2.05, 4.69) is 64.6 Å². The Bertz CT molecular complexity index is 994. The first-order valence-corrected chi connectivity index (χ1v) is 11.6. The van der Waals surface area contributed by atoms with Crippen LogP contribution in [0.2, 0.25) is 0 Å². The van der Waals surface area contributed by atoms with Gasteiger partial charge in [-0.05, 0) is 55.0 Å². The zero-order chi connectivity index (χ0) is 22.5. The Morgan fingerprint density at radius 3 is 2.79 bits per heavy atom. The van der Waals surface area contributed by atoms with Gasteiger partial charge in [-0.3, -0.25) is 9.79 Å². The number of ether oxygens (including phenoxy) is 1. The van der Waals surface area contributed by atoms with E-state index in [1.165, 1.54) is 16.8 Å². The van der Waals surface area contributed by atoms with Crippen molar-refractivity contribution in [1.82, 2.24) is 10.2 Å². The molecule has 0 aliphatic carbocycles. The normalized spacial score (nSPS) is 17.7. The smallest absolute Gasteiger partial charge is 0.222 e. The summed E-state index contributed by atoms with van der Waals surface area (Å²) in [5, 5.41) is 3.55. The minimum Gasteiger partial charge on any atom is -0.496 e. The highest BCUT2D eigenvalue weighted by Crippen LogP contribution is 2.38. The molecule has 1 unspecified atom stereocenters. The molecule has 2 aliphatic heterocycles. The molecule has 7 heteroatoms. The summed E-state index contributed by atoms with van der Waals surface area (Å²) in [6.45, 7) is 5.49. The zero-order valence-electron chi connectivity index (χ0n) is 19.8. The molecule has 4 rings (SSSR count). The molecular weight excluding hydrogens is 527 g/mol. The summed E-state index contributed by atoms with van der Waals surface area (Å²) in [6, 6.07) is 15.0. The molecule has 2 aromatic carbocycles. The molecule has 6 nitrogen and oxygen atoms in total. The Balaban J connectivity index is 0.00000306. The fourth-order valence-corrected chi connectivity index (χ4v) is 4.83. The van der Waals surface area contributed by atoms with E-state index in [4.69, 9.17) is 4.74 Å². The average Bonchev–Trinajstić information content (AvgIpc) is 3.39. The van der Waals surface area contributed by atoms with Crippen LogP contribution in [0.4, 0.5) is 5.69 Å². The molecule has 1 amide bonds. The number of guanidine groups is 1. The van der Waals surface area contributed by atoms with Crippen molar-refractivity contribution in [3.05, 3.63) is 59.2 Å². The summed E-state index contributed by atoms with van der Waals surface area (Å²) in [5.41, 5.74) is 4.96. The monoisotopic (exact) mass is 562 g/mol. The molecule has 0 spiro atoms. The lowest BCUT2D eigenvalue weighted by molar-refractivity contribution is -0.127. The van der Waals surface area contributed by atoms with Gasteiger partial charge in [0.25, 0.3) is 0 Å². The van der Waals surface area contributed by atoms with E-state index < -0.39 is 0 Å². The number of hydrogen-bond acceptors (Lipinski definition) is 3. The fraction of sp³-hybridized carbons (Fsp3) is 0.462. The maximum absolute atomic E-state index is 12.0. The number of likely N-dealkylation sites (tertiary alicyclic amines) is 1. The maximum Gasteiger partial charge on any atom is 0.222 e. The highest BCUT2D eigenvalue weighted by molar-refractivity contribution is 14.0. The standard InChI is InChI=1S/C26H34N4O2.HI/c1-19-10-11-20(17-24(19)32-3)12-14-28-26(27-2)30-18-21(22-7-4-5-8-23(22)30)13-16-29-15-6-9-25(29)31;/h4-5,7-8,10-11,17,21H,6,9,12-16,18H2,1-3H3,(H,27,28);1H. The first-order valence-electron chi connectivity index (χ1n) is 11.6. The van der Waals surface area contributed by atoms with E-state index in [1.807, 2.05) is 11.9 Å². The largest absolute Gasteiger partial charge is 0.496 e. The van der Waals surface area contributed by atoms with Crippen LogP contribution in [0, 0.1) is 6.92 Å². The molecule has 0 aromatic heterocycles. The van der Waals surface area contributed by atoms with Crippen LogP contribution in [0.3, 0.4) is 0 Å². The molecule has 1 N–H and O–H groups in total. The van der Waals surface area contributed by atoms with E-state index in [9.17, 15) is 4.79 Å². The third-order valence-corrected chi connectivity index (χ3v) is 6.63. The number of aliphatic imine (C=N–C) groups is 1. The molecule has 0 radical (unpaired) electrons. The quantitative estimate of drug-likeness (QED) is 0.310. The van der Waals surface area contributed by atoms with Gasteiger partial charge in [0.2, 0.25) is 5.91 Å². The molecule has 1 saturated heterocycles. The minimum atomic E-state index is 0. The Kier molecular flexibility index (Phi) is 9.00. The van der Waals surface area contributed by atoms with Crippen LogP contribution in [-0.2, 0) is 11.2 Å². The van der Waals surface area contributed by atoms with E-state index in [-0.39, 0.29) is 24.0 Å². The van der Waals surface area contributed by atoms with Gasteiger partial charge < -0.3 is 19.9 Å². The summed E-state index contributed by atoms with van der Waals surface area (Å²) >= 11 is 0. The van der Waals surface area contributed by atoms with Gasteiger partial charge in [-0.25, -0.2) is 0 Å². The Hall–Kier alpha value is -2.29. The van der Waals surface area contributed by atoms with Crippen molar-refractivity contribution in [2.75, 3.05) is 45.2 Å². The number of carbonyl (C=O) groups excluding carboxylic acids is 1. The highest BCUT2D eigenvalue weighted by atomic mass is 127. The van der Waals surface area contributed by atoms with Crippen LogP contribution in [0.15, 0.2) is 47.5 Å². The van der Waals surface area contributed by atoms with Crippen LogP contribution < -0.4 is 15.0 Å². The lowest BCUT2D eigenvalue weighted by atomic mass is 9.98. The van der Waals surface area contributed by atoms with Crippen molar-refractivity contribution < 1.29 is 9.53 Å². The number of rotatable bonds is 7. The van der Waals surface area contributed by atoms with E-state index in [0.717, 1.165) is 62.7 Å². The number of carbonyl (C=O) groups is 1. The van der Waals surface area contributed by atoms with Gasteiger partial charge in [-0.1, -0.05) is 30.3 Å². The molecule has 178 valence electrons. The van der Waals surface area contributed by atoms with Gasteiger partial charge in [0.15, 0.2) is 5.96 Å². The number of aryl methyl sites for hydroxylation is 1. The molecule has 1 atom stereocenters. The van der Waals surface area contributed by atoms with Crippen LogP contribution in [0.1, 0.15) is 41.9 Å². The summed E-state index contributed by atoms with van der Waals surface area (Å²) in [6.07, 6.45) is 3.58. The van der Waals surface area contributed by atoms with Crippen molar-refractivity contribution in [3.63, 3.8) is 0 Å². The fourth-order valence-electron chi connectivity index (χ4n) is 4.83. The molecule has 2 aromatic rings. The first kappa shape index (κ1) is 25.3. The maximum atomic E-state index is 12.0. The van der Waals surface area contributed by atoms with E-state index in [1.54, 1.807) is 7.11 Å². The van der Waals surface area contributed by atoms with Gasteiger partial charge in [-0.2, -0.15) is 0 Å². The van der Waals surface area contributed by atoms with E-state index >= 15 is 0 Å². The number of para-hydroxylation sites is 1. The van der Waals surface area contributed by atoms with Crippen LogP contribution in [0.25, 0.3) is 0 Å². The number of fused-ring (bicyclic) bond motifs is 1. The molecule has 33 heavy (non-hydrogen) atoms. The zero-order valence-corrected chi connectivity index (χ0v) is 22.2. The number of halogens is 1.